The molecule has 78 valence electrons. The van der Waals surface area contributed by atoms with E-state index in [2.05, 4.69) is 0 Å². The van der Waals surface area contributed by atoms with E-state index >= 15 is 0 Å². The van der Waals surface area contributed by atoms with Gasteiger partial charge in [-0.05, 0) is 12.1 Å². The fourth-order valence-electron chi connectivity index (χ4n) is 1.00. The molecule has 1 aromatic rings. The molecule has 0 aliphatic carbocycles. The molecule has 1 rings (SSSR count). The number of benzene rings is 1. The quantitative estimate of drug-likeness (QED) is 0.395. The molecular weight excluding hydrogens is 233 g/mol. The van der Waals surface area contributed by atoms with Crippen LogP contribution in [-0.2, 0) is 11.3 Å². The van der Waals surface area contributed by atoms with Crippen molar-refractivity contribution in [3.63, 3.8) is 0 Å². The summed E-state index contributed by atoms with van der Waals surface area (Å²) in [7, 11) is 1.48. The summed E-state index contributed by atoms with van der Waals surface area (Å²) in [4.78, 5) is 10.1. The SMILES string of the molecule is COCc1cc(Cl)ccc1[N+](=O)[O-].[Na+].[OH-]. The Bertz CT molecular complexity index is 334. The van der Waals surface area contributed by atoms with Crippen molar-refractivity contribution < 1.29 is 44.7 Å². The van der Waals surface area contributed by atoms with Crippen molar-refractivity contribution in [2.75, 3.05) is 7.11 Å². The Kier molecular flexibility index (Phi) is 9.23. The molecule has 0 heterocycles. The molecule has 0 spiro atoms. The van der Waals surface area contributed by atoms with E-state index in [1.54, 1.807) is 0 Å². The number of hydrogen-bond acceptors (Lipinski definition) is 4. The van der Waals surface area contributed by atoms with Gasteiger partial charge in [0.25, 0.3) is 5.69 Å². The molecule has 5 nitrogen and oxygen atoms in total. The fraction of sp³-hybridized carbons (Fsp3) is 0.250. The van der Waals surface area contributed by atoms with Crippen LogP contribution >= 0.6 is 11.6 Å². The minimum Gasteiger partial charge on any atom is -0.870 e. The Morgan fingerprint density at radius 3 is 2.60 bits per heavy atom. The summed E-state index contributed by atoms with van der Waals surface area (Å²) in [5.74, 6) is 0. The third kappa shape index (κ3) is 4.92. The topological polar surface area (TPSA) is 82.4 Å². The van der Waals surface area contributed by atoms with Gasteiger partial charge in [-0.3, -0.25) is 10.1 Å². The van der Waals surface area contributed by atoms with Crippen molar-refractivity contribution in [1.82, 2.24) is 0 Å². The largest absolute Gasteiger partial charge is 1.00 e. The third-order valence-electron chi connectivity index (χ3n) is 1.54. The van der Waals surface area contributed by atoms with Crippen molar-refractivity contribution in [3.8, 4) is 0 Å². The number of nitrogens with zero attached hydrogens (tertiary/aromatic N) is 1. The van der Waals surface area contributed by atoms with Crippen LogP contribution in [0.25, 0.3) is 0 Å². The van der Waals surface area contributed by atoms with Gasteiger partial charge in [0.05, 0.1) is 17.1 Å². The van der Waals surface area contributed by atoms with E-state index in [9.17, 15) is 10.1 Å². The third-order valence-corrected chi connectivity index (χ3v) is 1.77. The maximum absolute atomic E-state index is 10.5. The molecule has 7 heteroatoms. The standard InChI is InChI=1S/C8H8ClNO3.Na.H2O/c1-13-5-6-4-7(9)2-3-8(6)10(11)12;;/h2-4H,5H2,1H3;;1H2/q;+1;/p-1. The van der Waals surface area contributed by atoms with Gasteiger partial charge in [0.2, 0.25) is 0 Å². The first-order chi connectivity index (χ1) is 6.15. The van der Waals surface area contributed by atoms with Crippen LogP contribution in [0, 0.1) is 10.1 Å². The molecule has 0 radical (unpaired) electrons. The van der Waals surface area contributed by atoms with Crippen molar-refractivity contribution in [2.45, 2.75) is 6.61 Å². The van der Waals surface area contributed by atoms with Crippen molar-refractivity contribution in [1.29, 1.82) is 0 Å². The Balaban J connectivity index is 0. The van der Waals surface area contributed by atoms with Gasteiger partial charge in [-0.25, -0.2) is 0 Å². The van der Waals surface area contributed by atoms with E-state index in [1.807, 2.05) is 0 Å². The molecule has 0 unspecified atom stereocenters. The molecule has 0 amide bonds. The Morgan fingerprint density at radius 1 is 1.53 bits per heavy atom. The number of hydrogen-bond donors (Lipinski definition) is 0. The number of methoxy groups -OCH3 is 1. The minimum absolute atomic E-state index is 0. The number of ether oxygens (including phenoxy) is 1. The monoisotopic (exact) mass is 241 g/mol. The van der Waals surface area contributed by atoms with Crippen LogP contribution in [0.1, 0.15) is 5.56 Å². The molecule has 0 saturated carbocycles. The first kappa shape index (κ1) is 17.2. The second-order valence-corrected chi connectivity index (χ2v) is 2.90. The molecule has 0 fully saturated rings. The van der Waals surface area contributed by atoms with Crippen LogP contribution in [0.3, 0.4) is 0 Å². The van der Waals surface area contributed by atoms with E-state index in [4.69, 9.17) is 16.3 Å². The van der Waals surface area contributed by atoms with Crippen molar-refractivity contribution in [3.05, 3.63) is 38.9 Å². The van der Waals surface area contributed by atoms with Gasteiger partial charge >= 0.3 is 29.6 Å². The van der Waals surface area contributed by atoms with Crippen LogP contribution in [0.4, 0.5) is 5.69 Å². The van der Waals surface area contributed by atoms with Crippen LogP contribution in [0.15, 0.2) is 18.2 Å². The summed E-state index contributed by atoms with van der Waals surface area (Å²) in [5, 5.41) is 11.0. The van der Waals surface area contributed by atoms with E-state index in [-0.39, 0.29) is 47.3 Å². The molecule has 0 atom stereocenters. The molecule has 0 aliphatic heterocycles. The van der Waals surface area contributed by atoms with Gasteiger partial charge in [-0.2, -0.15) is 0 Å². The zero-order valence-electron chi connectivity index (χ0n) is 8.44. The summed E-state index contributed by atoms with van der Waals surface area (Å²) in [6.45, 7) is 0.191. The molecule has 1 aromatic carbocycles. The average molecular weight is 242 g/mol. The predicted molar refractivity (Wildman–Crippen MR) is 50.8 cm³/mol. The second-order valence-electron chi connectivity index (χ2n) is 2.46. The molecular formula is C8H9ClNNaO4. The average Bonchev–Trinajstić information content (AvgIpc) is 2.04. The summed E-state index contributed by atoms with van der Waals surface area (Å²) in [5.41, 5.74) is 0.520. The molecule has 0 bridgehead atoms. The van der Waals surface area contributed by atoms with Crippen LogP contribution in [0.5, 0.6) is 0 Å². The zero-order valence-corrected chi connectivity index (χ0v) is 11.2. The summed E-state index contributed by atoms with van der Waals surface area (Å²) >= 11 is 5.68. The summed E-state index contributed by atoms with van der Waals surface area (Å²) in [6, 6.07) is 4.39. The predicted octanol–water partition coefficient (Wildman–Crippen LogP) is -0.778. The van der Waals surface area contributed by atoms with E-state index < -0.39 is 4.92 Å². The summed E-state index contributed by atoms with van der Waals surface area (Å²) < 4.78 is 4.81. The first-order valence-corrected chi connectivity index (χ1v) is 3.94. The van der Waals surface area contributed by atoms with Gasteiger partial charge < -0.3 is 10.2 Å². The molecule has 0 saturated heterocycles. The molecule has 1 N–H and O–H groups in total. The Hall–Kier alpha value is -0.170. The maximum Gasteiger partial charge on any atom is 1.00 e. The van der Waals surface area contributed by atoms with Gasteiger partial charge in [-0.15, -0.1) is 0 Å². The zero-order chi connectivity index (χ0) is 9.84. The van der Waals surface area contributed by atoms with Gasteiger partial charge in [-0.1, -0.05) is 11.6 Å². The van der Waals surface area contributed by atoms with Gasteiger partial charge in [0.15, 0.2) is 0 Å². The Labute approximate surface area is 114 Å². The van der Waals surface area contributed by atoms with Gasteiger partial charge in [0.1, 0.15) is 0 Å². The van der Waals surface area contributed by atoms with Crippen molar-refractivity contribution in [2.24, 2.45) is 0 Å². The van der Waals surface area contributed by atoms with Crippen LogP contribution < -0.4 is 29.6 Å². The molecule has 0 aliphatic rings. The van der Waals surface area contributed by atoms with Crippen molar-refractivity contribution >= 4 is 17.3 Å². The van der Waals surface area contributed by atoms with Crippen LogP contribution in [0.2, 0.25) is 5.02 Å². The van der Waals surface area contributed by atoms with Crippen LogP contribution in [-0.4, -0.2) is 17.5 Å². The van der Waals surface area contributed by atoms with E-state index in [1.165, 1.54) is 25.3 Å². The van der Waals surface area contributed by atoms with E-state index in [0.717, 1.165) is 0 Å². The number of nitro benzene ring substituents is 1. The number of halogens is 1. The van der Waals surface area contributed by atoms with E-state index in [0.29, 0.717) is 10.6 Å². The molecule has 15 heavy (non-hydrogen) atoms. The smallest absolute Gasteiger partial charge is 0.870 e. The van der Waals surface area contributed by atoms with Gasteiger partial charge in [0, 0.05) is 18.2 Å². The number of nitro groups is 1. The Morgan fingerprint density at radius 2 is 2.13 bits per heavy atom. The first-order valence-electron chi connectivity index (χ1n) is 3.57. The normalized spacial score (nSPS) is 8.67. The summed E-state index contributed by atoms with van der Waals surface area (Å²) in [6.07, 6.45) is 0. The minimum atomic E-state index is -0.454. The fourth-order valence-corrected chi connectivity index (χ4v) is 1.20. The number of rotatable bonds is 3. The molecule has 0 aromatic heterocycles. The second kappa shape index (κ2) is 8.04. The maximum atomic E-state index is 10.5.